The highest BCUT2D eigenvalue weighted by Gasteiger charge is 2.37. The molecule has 1 saturated heterocycles. The highest BCUT2D eigenvalue weighted by molar-refractivity contribution is 7.18. The first kappa shape index (κ1) is 18.1. The number of hydrogen-bond acceptors (Lipinski definition) is 4. The third-order valence-electron chi connectivity index (χ3n) is 5.39. The number of aromatic nitrogens is 1. The van der Waals surface area contributed by atoms with E-state index >= 15 is 0 Å². The standard InChI is InChI=1S/C22H25N3OS/c1-22(16-8-3-2-4-9-16,21(26)24-17-10-7-13-23-15-17)14-20-25-18-11-5-6-12-19(18)27-20/h2-6,8-9,11-12,17,23H,7,10,13-15H2,1H3,(H,24,26)/t17-,22?/m0/s1. The van der Waals surface area contributed by atoms with Crippen LogP contribution in [0.4, 0.5) is 0 Å². The summed E-state index contributed by atoms with van der Waals surface area (Å²) in [5.74, 6) is 0.0849. The third kappa shape index (κ3) is 3.89. The minimum atomic E-state index is -0.646. The summed E-state index contributed by atoms with van der Waals surface area (Å²) in [7, 11) is 0. The fourth-order valence-electron chi connectivity index (χ4n) is 3.74. The fourth-order valence-corrected chi connectivity index (χ4v) is 4.86. The molecule has 140 valence electrons. The quantitative estimate of drug-likeness (QED) is 0.711. The first-order chi connectivity index (χ1) is 13.1. The lowest BCUT2D eigenvalue weighted by molar-refractivity contribution is -0.127. The van der Waals surface area contributed by atoms with E-state index in [0.29, 0.717) is 6.42 Å². The molecule has 0 spiro atoms. The Labute approximate surface area is 164 Å². The van der Waals surface area contributed by atoms with E-state index in [1.165, 1.54) is 4.70 Å². The van der Waals surface area contributed by atoms with Crippen molar-refractivity contribution >= 4 is 27.5 Å². The van der Waals surface area contributed by atoms with Crippen LogP contribution >= 0.6 is 11.3 Å². The molecule has 1 amide bonds. The van der Waals surface area contributed by atoms with Gasteiger partial charge in [0, 0.05) is 19.0 Å². The summed E-state index contributed by atoms with van der Waals surface area (Å²) in [5.41, 5.74) is 1.39. The monoisotopic (exact) mass is 379 g/mol. The molecular weight excluding hydrogens is 354 g/mol. The van der Waals surface area contributed by atoms with Crippen LogP contribution in [0.3, 0.4) is 0 Å². The highest BCUT2D eigenvalue weighted by atomic mass is 32.1. The highest BCUT2D eigenvalue weighted by Crippen LogP contribution is 2.32. The van der Waals surface area contributed by atoms with Crippen LogP contribution in [0.5, 0.6) is 0 Å². The van der Waals surface area contributed by atoms with Gasteiger partial charge in [-0.25, -0.2) is 4.98 Å². The zero-order valence-corrected chi connectivity index (χ0v) is 16.4. The number of fused-ring (bicyclic) bond motifs is 1. The van der Waals surface area contributed by atoms with Gasteiger partial charge in [0.1, 0.15) is 0 Å². The number of piperidine rings is 1. The molecule has 0 aliphatic carbocycles. The maximum atomic E-state index is 13.4. The van der Waals surface area contributed by atoms with Crippen molar-refractivity contribution in [1.29, 1.82) is 0 Å². The van der Waals surface area contributed by atoms with E-state index in [1.54, 1.807) is 11.3 Å². The molecule has 4 nitrogen and oxygen atoms in total. The number of thiazole rings is 1. The van der Waals surface area contributed by atoms with Gasteiger partial charge >= 0.3 is 0 Å². The van der Waals surface area contributed by atoms with Gasteiger partial charge < -0.3 is 10.6 Å². The van der Waals surface area contributed by atoms with Crippen LogP contribution < -0.4 is 10.6 Å². The first-order valence-electron chi connectivity index (χ1n) is 9.57. The normalized spacial score (nSPS) is 19.5. The van der Waals surface area contributed by atoms with Crippen molar-refractivity contribution in [2.75, 3.05) is 13.1 Å². The van der Waals surface area contributed by atoms with Crippen molar-refractivity contribution in [3.8, 4) is 0 Å². The molecule has 1 aliphatic rings. The van der Waals surface area contributed by atoms with Crippen LogP contribution in [0.25, 0.3) is 10.2 Å². The Balaban J connectivity index is 1.64. The van der Waals surface area contributed by atoms with Crippen LogP contribution in [0.15, 0.2) is 54.6 Å². The van der Waals surface area contributed by atoms with E-state index in [9.17, 15) is 4.79 Å². The molecule has 2 N–H and O–H groups in total. The van der Waals surface area contributed by atoms with Gasteiger partial charge in [0.05, 0.1) is 20.6 Å². The Kier molecular flexibility index (Phi) is 5.23. The number of carbonyl (C=O) groups excluding carboxylic acids is 1. The SMILES string of the molecule is CC(Cc1nc2ccccc2s1)(C(=O)N[C@H]1CCCNC1)c1ccccc1. The molecule has 1 aromatic heterocycles. The topological polar surface area (TPSA) is 54.0 Å². The van der Waals surface area contributed by atoms with E-state index in [1.807, 2.05) is 55.5 Å². The number of benzene rings is 2. The van der Waals surface area contributed by atoms with Gasteiger partial charge in [-0.3, -0.25) is 4.79 Å². The van der Waals surface area contributed by atoms with Crippen molar-refractivity contribution in [3.63, 3.8) is 0 Å². The summed E-state index contributed by atoms with van der Waals surface area (Å²) in [6.07, 6.45) is 2.73. The Morgan fingerprint density at radius 2 is 2.00 bits per heavy atom. The molecule has 2 aromatic carbocycles. The number of nitrogens with zero attached hydrogens (tertiary/aromatic N) is 1. The second-order valence-electron chi connectivity index (χ2n) is 7.47. The molecule has 27 heavy (non-hydrogen) atoms. The van der Waals surface area contributed by atoms with Crippen molar-refractivity contribution in [2.45, 2.75) is 37.6 Å². The van der Waals surface area contributed by atoms with Crippen LogP contribution in [0, 0.1) is 0 Å². The largest absolute Gasteiger partial charge is 0.351 e. The number of hydrogen-bond donors (Lipinski definition) is 2. The molecule has 4 rings (SSSR count). The minimum absolute atomic E-state index is 0.0849. The molecule has 1 aliphatic heterocycles. The Bertz CT molecular complexity index is 884. The first-order valence-corrected chi connectivity index (χ1v) is 10.4. The van der Waals surface area contributed by atoms with Crippen LogP contribution in [-0.2, 0) is 16.6 Å². The zero-order valence-electron chi connectivity index (χ0n) is 15.6. The van der Waals surface area contributed by atoms with Gasteiger partial charge in [-0.1, -0.05) is 42.5 Å². The molecule has 3 aromatic rings. The summed E-state index contributed by atoms with van der Waals surface area (Å²) in [4.78, 5) is 18.2. The second kappa shape index (κ2) is 7.79. The van der Waals surface area contributed by atoms with Crippen LogP contribution in [0.1, 0.15) is 30.3 Å². The lowest BCUT2D eigenvalue weighted by atomic mass is 9.78. The average molecular weight is 380 g/mol. The Hall–Kier alpha value is -2.24. The fraction of sp³-hybridized carbons (Fsp3) is 0.364. The summed E-state index contributed by atoms with van der Waals surface area (Å²) < 4.78 is 1.17. The van der Waals surface area contributed by atoms with E-state index in [2.05, 4.69) is 16.7 Å². The average Bonchev–Trinajstić information content (AvgIpc) is 3.11. The number of nitrogens with one attached hydrogen (secondary N) is 2. The molecular formula is C22H25N3OS. The van der Waals surface area contributed by atoms with E-state index in [0.717, 1.165) is 42.0 Å². The molecule has 0 bridgehead atoms. The van der Waals surface area contributed by atoms with E-state index in [4.69, 9.17) is 4.98 Å². The third-order valence-corrected chi connectivity index (χ3v) is 6.42. The van der Waals surface area contributed by atoms with Crippen molar-refractivity contribution in [1.82, 2.24) is 15.6 Å². The maximum Gasteiger partial charge on any atom is 0.231 e. The zero-order chi connectivity index (χ0) is 18.7. The van der Waals surface area contributed by atoms with Gasteiger partial charge in [-0.2, -0.15) is 0 Å². The number of rotatable bonds is 5. The van der Waals surface area contributed by atoms with Gasteiger partial charge in [0.25, 0.3) is 0 Å². The van der Waals surface area contributed by atoms with Gasteiger partial charge in [-0.05, 0) is 44.0 Å². The van der Waals surface area contributed by atoms with Crippen LogP contribution in [0.2, 0.25) is 0 Å². The van der Waals surface area contributed by atoms with Gasteiger partial charge in [-0.15, -0.1) is 11.3 Å². The number of amides is 1. The second-order valence-corrected chi connectivity index (χ2v) is 8.58. The summed E-state index contributed by atoms with van der Waals surface area (Å²) in [5, 5.41) is 7.66. The number of carbonyl (C=O) groups is 1. The van der Waals surface area contributed by atoms with Gasteiger partial charge in [0.2, 0.25) is 5.91 Å². The Morgan fingerprint density at radius 1 is 1.22 bits per heavy atom. The maximum absolute atomic E-state index is 13.4. The molecule has 5 heteroatoms. The minimum Gasteiger partial charge on any atom is -0.351 e. The lowest BCUT2D eigenvalue weighted by Crippen LogP contribution is -2.52. The van der Waals surface area contributed by atoms with E-state index < -0.39 is 5.41 Å². The lowest BCUT2D eigenvalue weighted by Gasteiger charge is -2.32. The molecule has 1 fully saturated rings. The Morgan fingerprint density at radius 3 is 2.74 bits per heavy atom. The van der Waals surface area contributed by atoms with Crippen LogP contribution in [-0.4, -0.2) is 30.0 Å². The van der Waals surface area contributed by atoms with Gasteiger partial charge in [0.15, 0.2) is 0 Å². The molecule has 0 saturated carbocycles. The van der Waals surface area contributed by atoms with Crippen molar-refractivity contribution in [3.05, 3.63) is 65.2 Å². The molecule has 1 unspecified atom stereocenters. The number of para-hydroxylation sites is 1. The van der Waals surface area contributed by atoms with E-state index in [-0.39, 0.29) is 11.9 Å². The summed E-state index contributed by atoms with van der Waals surface area (Å²) in [6, 6.07) is 18.4. The molecule has 0 radical (unpaired) electrons. The predicted molar refractivity (Wildman–Crippen MR) is 111 cm³/mol. The summed E-state index contributed by atoms with van der Waals surface area (Å²) in [6.45, 7) is 3.92. The smallest absolute Gasteiger partial charge is 0.231 e. The predicted octanol–water partition coefficient (Wildman–Crippen LogP) is 3.66. The summed E-state index contributed by atoms with van der Waals surface area (Å²) >= 11 is 1.68. The molecule has 2 heterocycles. The molecule has 2 atom stereocenters. The van der Waals surface area contributed by atoms with Crippen molar-refractivity contribution in [2.24, 2.45) is 0 Å². The van der Waals surface area contributed by atoms with Crippen molar-refractivity contribution < 1.29 is 4.79 Å².